The minimum Gasteiger partial charge on any atom is -0.481 e. The number of carboxylic acid groups (broad SMARTS) is 1. The van der Waals surface area contributed by atoms with Crippen molar-refractivity contribution < 1.29 is 9.90 Å². The van der Waals surface area contributed by atoms with Crippen molar-refractivity contribution in [3.8, 4) is 0 Å². The summed E-state index contributed by atoms with van der Waals surface area (Å²) in [5.74, 6) is -0.831. The molecule has 0 saturated carbocycles. The van der Waals surface area contributed by atoms with Crippen molar-refractivity contribution in [1.29, 1.82) is 0 Å². The van der Waals surface area contributed by atoms with E-state index in [-0.39, 0.29) is 12.0 Å². The van der Waals surface area contributed by atoms with Gasteiger partial charge in [0.15, 0.2) is 0 Å². The minimum absolute atomic E-state index is 0.0896. The number of aromatic nitrogens is 1. The highest BCUT2D eigenvalue weighted by molar-refractivity contribution is 5.78. The number of fused-ring (bicyclic) bond motifs is 1. The van der Waals surface area contributed by atoms with Crippen LogP contribution in [0.15, 0.2) is 35.1 Å². The average Bonchev–Trinajstić information content (AvgIpc) is 2.29. The van der Waals surface area contributed by atoms with Crippen LogP contribution in [0.25, 0.3) is 10.9 Å². The van der Waals surface area contributed by atoms with E-state index in [1.54, 1.807) is 0 Å². The Kier molecular flexibility index (Phi) is 3.23. The predicted octanol–water partition coefficient (Wildman–Crippen LogP) is 1.94. The Balaban J connectivity index is 2.25. The Morgan fingerprint density at radius 1 is 1.29 bits per heavy atom. The molecule has 4 heteroatoms. The standard InChI is InChI=1S/C13H13NO3/c15-12(16)7-3-5-10-8-9-4-1-2-6-11(9)14-13(10)17/h1-2,4,6,8H,3,5,7H2,(H,14,17)(H,15,16). The number of para-hydroxylation sites is 1. The fraction of sp³-hybridized carbons (Fsp3) is 0.231. The Morgan fingerprint density at radius 2 is 2.06 bits per heavy atom. The Bertz CT molecular complexity index is 601. The number of carbonyl (C=O) groups is 1. The van der Waals surface area contributed by atoms with Crippen molar-refractivity contribution in [3.05, 3.63) is 46.2 Å². The molecule has 0 bridgehead atoms. The molecule has 0 radical (unpaired) electrons. The number of hydrogen-bond acceptors (Lipinski definition) is 2. The predicted molar refractivity (Wildman–Crippen MR) is 65.1 cm³/mol. The van der Waals surface area contributed by atoms with Crippen LogP contribution in [-0.4, -0.2) is 16.1 Å². The molecule has 1 aromatic carbocycles. The summed E-state index contributed by atoms with van der Waals surface area (Å²) >= 11 is 0. The Hall–Kier alpha value is -2.10. The lowest BCUT2D eigenvalue weighted by molar-refractivity contribution is -0.137. The summed E-state index contributed by atoms with van der Waals surface area (Å²) in [5.41, 5.74) is 1.32. The number of carboxylic acids is 1. The number of aromatic amines is 1. The van der Waals surface area contributed by atoms with Crippen LogP contribution in [0.5, 0.6) is 0 Å². The van der Waals surface area contributed by atoms with Gasteiger partial charge < -0.3 is 10.1 Å². The first-order chi connectivity index (χ1) is 8.16. The largest absolute Gasteiger partial charge is 0.481 e. The number of aliphatic carboxylic acids is 1. The molecule has 0 unspecified atom stereocenters. The van der Waals surface area contributed by atoms with Gasteiger partial charge in [-0.15, -0.1) is 0 Å². The van der Waals surface area contributed by atoms with E-state index in [0.717, 1.165) is 10.9 Å². The summed E-state index contributed by atoms with van der Waals surface area (Å²) in [5, 5.41) is 9.52. The number of nitrogens with one attached hydrogen (secondary N) is 1. The van der Waals surface area contributed by atoms with Crippen molar-refractivity contribution in [2.24, 2.45) is 0 Å². The molecule has 1 heterocycles. The van der Waals surface area contributed by atoms with Gasteiger partial charge in [0.2, 0.25) is 0 Å². The summed E-state index contributed by atoms with van der Waals surface area (Å²) in [7, 11) is 0. The molecule has 2 rings (SSSR count). The fourth-order valence-corrected chi connectivity index (χ4v) is 1.81. The normalized spacial score (nSPS) is 10.6. The summed E-state index contributed by atoms with van der Waals surface area (Å²) in [4.78, 5) is 24.9. The van der Waals surface area contributed by atoms with E-state index in [9.17, 15) is 9.59 Å². The lowest BCUT2D eigenvalue weighted by atomic mass is 10.1. The average molecular weight is 231 g/mol. The lowest BCUT2D eigenvalue weighted by Gasteiger charge is -2.02. The van der Waals surface area contributed by atoms with Gasteiger partial charge in [0.05, 0.1) is 0 Å². The van der Waals surface area contributed by atoms with E-state index < -0.39 is 5.97 Å². The van der Waals surface area contributed by atoms with Gasteiger partial charge in [0.1, 0.15) is 0 Å². The molecule has 0 aliphatic carbocycles. The summed E-state index contributed by atoms with van der Waals surface area (Å²) in [6.07, 6.45) is 1.06. The second kappa shape index (κ2) is 4.82. The van der Waals surface area contributed by atoms with Crippen molar-refractivity contribution in [2.75, 3.05) is 0 Å². The Labute approximate surface area is 97.9 Å². The maximum atomic E-state index is 11.7. The van der Waals surface area contributed by atoms with Crippen LogP contribution in [0.4, 0.5) is 0 Å². The first-order valence-electron chi connectivity index (χ1n) is 5.49. The van der Waals surface area contributed by atoms with Gasteiger partial charge in [-0.05, 0) is 30.4 Å². The first kappa shape index (κ1) is 11.4. The third-order valence-electron chi connectivity index (χ3n) is 2.67. The van der Waals surface area contributed by atoms with Crippen LogP contribution >= 0.6 is 0 Å². The molecule has 2 N–H and O–H groups in total. The molecular weight excluding hydrogens is 218 g/mol. The molecule has 0 aliphatic rings. The molecule has 0 fully saturated rings. The molecule has 0 amide bonds. The zero-order chi connectivity index (χ0) is 12.3. The molecule has 4 nitrogen and oxygen atoms in total. The van der Waals surface area contributed by atoms with Gasteiger partial charge in [-0.1, -0.05) is 18.2 Å². The molecule has 2 aromatic rings. The number of hydrogen-bond donors (Lipinski definition) is 2. The SMILES string of the molecule is O=C(O)CCCc1cc2ccccc2[nH]c1=O. The van der Waals surface area contributed by atoms with Gasteiger partial charge in [-0.2, -0.15) is 0 Å². The summed E-state index contributed by atoms with van der Waals surface area (Å²) < 4.78 is 0. The van der Waals surface area contributed by atoms with Gasteiger partial charge in [0, 0.05) is 17.5 Å². The van der Waals surface area contributed by atoms with Gasteiger partial charge in [-0.3, -0.25) is 9.59 Å². The molecule has 1 aromatic heterocycles. The van der Waals surface area contributed by atoms with E-state index in [0.29, 0.717) is 18.4 Å². The summed E-state index contributed by atoms with van der Waals surface area (Å²) in [6, 6.07) is 9.36. The van der Waals surface area contributed by atoms with E-state index >= 15 is 0 Å². The van der Waals surface area contributed by atoms with E-state index in [1.807, 2.05) is 30.3 Å². The maximum absolute atomic E-state index is 11.7. The molecule has 0 atom stereocenters. The fourth-order valence-electron chi connectivity index (χ4n) is 1.81. The minimum atomic E-state index is -0.831. The van der Waals surface area contributed by atoms with Crippen molar-refractivity contribution in [2.45, 2.75) is 19.3 Å². The van der Waals surface area contributed by atoms with E-state index in [2.05, 4.69) is 4.98 Å². The topological polar surface area (TPSA) is 70.2 Å². The van der Waals surface area contributed by atoms with Crippen LogP contribution in [0, 0.1) is 0 Å². The van der Waals surface area contributed by atoms with Crippen molar-refractivity contribution in [1.82, 2.24) is 4.98 Å². The highest BCUT2D eigenvalue weighted by atomic mass is 16.4. The van der Waals surface area contributed by atoms with Gasteiger partial charge >= 0.3 is 5.97 Å². The second-order valence-corrected chi connectivity index (χ2v) is 3.96. The highest BCUT2D eigenvalue weighted by Crippen LogP contribution is 2.11. The van der Waals surface area contributed by atoms with Crippen LogP contribution in [-0.2, 0) is 11.2 Å². The molecule has 0 spiro atoms. The number of pyridine rings is 1. The molecule has 17 heavy (non-hydrogen) atoms. The van der Waals surface area contributed by atoms with Crippen LogP contribution in [0.3, 0.4) is 0 Å². The maximum Gasteiger partial charge on any atom is 0.303 e. The third kappa shape index (κ3) is 2.72. The number of aryl methyl sites for hydroxylation is 1. The lowest BCUT2D eigenvalue weighted by Crippen LogP contribution is -2.12. The quantitative estimate of drug-likeness (QED) is 0.844. The first-order valence-corrected chi connectivity index (χ1v) is 5.49. The zero-order valence-corrected chi connectivity index (χ0v) is 9.27. The van der Waals surface area contributed by atoms with Crippen molar-refractivity contribution in [3.63, 3.8) is 0 Å². The molecule has 0 saturated heterocycles. The summed E-state index contributed by atoms with van der Waals surface area (Å²) in [6.45, 7) is 0. The number of benzene rings is 1. The third-order valence-corrected chi connectivity index (χ3v) is 2.67. The van der Waals surface area contributed by atoms with Gasteiger partial charge in [-0.25, -0.2) is 0 Å². The van der Waals surface area contributed by atoms with Crippen LogP contribution in [0.1, 0.15) is 18.4 Å². The van der Waals surface area contributed by atoms with E-state index in [1.165, 1.54) is 0 Å². The van der Waals surface area contributed by atoms with E-state index in [4.69, 9.17) is 5.11 Å². The number of H-pyrrole nitrogens is 1. The smallest absolute Gasteiger partial charge is 0.303 e. The van der Waals surface area contributed by atoms with Crippen LogP contribution < -0.4 is 5.56 Å². The molecule has 88 valence electrons. The zero-order valence-electron chi connectivity index (χ0n) is 9.27. The molecular formula is C13H13NO3. The monoisotopic (exact) mass is 231 g/mol. The van der Waals surface area contributed by atoms with Crippen molar-refractivity contribution >= 4 is 16.9 Å². The molecule has 0 aliphatic heterocycles. The van der Waals surface area contributed by atoms with Gasteiger partial charge in [0.25, 0.3) is 5.56 Å². The highest BCUT2D eigenvalue weighted by Gasteiger charge is 2.04. The number of rotatable bonds is 4. The van der Waals surface area contributed by atoms with Crippen LogP contribution in [0.2, 0.25) is 0 Å². The Morgan fingerprint density at radius 3 is 2.82 bits per heavy atom. The second-order valence-electron chi connectivity index (χ2n) is 3.96.